The molecular weight excluding hydrogens is 206 g/mol. The minimum atomic E-state index is 0.489. The van der Waals surface area contributed by atoms with E-state index in [1.165, 1.54) is 16.7 Å². The second kappa shape index (κ2) is 4.34. The van der Waals surface area contributed by atoms with E-state index in [0.717, 1.165) is 13.1 Å². The van der Waals surface area contributed by atoms with Gasteiger partial charge in [0.05, 0.1) is 0 Å². The lowest BCUT2D eigenvalue weighted by atomic mass is 10.1. The molecule has 0 saturated heterocycles. The van der Waals surface area contributed by atoms with E-state index in [2.05, 4.69) is 66.4 Å². The highest BCUT2D eigenvalue weighted by atomic mass is 15.2. The summed E-state index contributed by atoms with van der Waals surface area (Å²) in [6.45, 7) is 4.44. The first kappa shape index (κ1) is 10.5. The van der Waals surface area contributed by atoms with Gasteiger partial charge in [0.2, 0.25) is 0 Å². The van der Waals surface area contributed by atoms with Gasteiger partial charge in [-0.1, -0.05) is 54.6 Å². The quantitative estimate of drug-likeness (QED) is 0.749. The fourth-order valence-corrected chi connectivity index (χ4v) is 2.58. The van der Waals surface area contributed by atoms with Gasteiger partial charge in [-0.3, -0.25) is 4.90 Å². The highest BCUT2D eigenvalue weighted by molar-refractivity contribution is 5.31. The molecule has 0 spiro atoms. The van der Waals surface area contributed by atoms with Crippen molar-refractivity contribution in [3.8, 4) is 0 Å². The predicted octanol–water partition coefficient (Wildman–Crippen LogP) is 3.76. The molecule has 0 aliphatic carbocycles. The van der Waals surface area contributed by atoms with Crippen molar-refractivity contribution >= 4 is 0 Å². The molecule has 1 nitrogen and oxygen atoms in total. The molecule has 86 valence electrons. The van der Waals surface area contributed by atoms with Gasteiger partial charge in [0, 0.05) is 19.1 Å². The molecular formula is C16H17N. The molecule has 1 heterocycles. The van der Waals surface area contributed by atoms with Gasteiger partial charge in [0.1, 0.15) is 0 Å². The van der Waals surface area contributed by atoms with Crippen LogP contribution in [0.5, 0.6) is 0 Å². The molecule has 17 heavy (non-hydrogen) atoms. The highest BCUT2D eigenvalue weighted by Crippen LogP contribution is 2.30. The molecule has 0 radical (unpaired) electrons. The summed E-state index contributed by atoms with van der Waals surface area (Å²) in [5.41, 5.74) is 4.37. The van der Waals surface area contributed by atoms with Gasteiger partial charge in [0.25, 0.3) is 0 Å². The third-order valence-electron chi connectivity index (χ3n) is 3.69. The third-order valence-corrected chi connectivity index (χ3v) is 3.69. The van der Waals surface area contributed by atoms with Crippen molar-refractivity contribution < 1.29 is 0 Å². The Labute approximate surface area is 103 Å². The summed E-state index contributed by atoms with van der Waals surface area (Å²) >= 11 is 0. The number of benzene rings is 2. The van der Waals surface area contributed by atoms with Gasteiger partial charge >= 0.3 is 0 Å². The normalized spacial score (nSPS) is 16.8. The molecule has 1 heteroatoms. The summed E-state index contributed by atoms with van der Waals surface area (Å²) < 4.78 is 0. The van der Waals surface area contributed by atoms with Crippen LogP contribution in [-0.4, -0.2) is 4.90 Å². The zero-order valence-electron chi connectivity index (χ0n) is 10.1. The molecule has 0 fully saturated rings. The molecule has 2 aromatic rings. The molecule has 3 rings (SSSR count). The van der Waals surface area contributed by atoms with E-state index >= 15 is 0 Å². The largest absolute Gasteiger partial charge is 0.288 e. The smallest absolute Gasteiger partial charge is 0.0326 e. The van der Waals surface area contributed by atoms with Gasteiger partial charge < -0.3 is 0 Å². The van der Waals surface area contributed by atoms with Crippen molar-refractivity contribution in [1.29, 1.82) is 0 Å². The Morgan fingerprint density at radius 2 is 1.35 bits per heavy atom. The van der Waals surface area contributed by atoms with Crippen LogP contribution < -0.4 is 0 Å². The highest BCUT2D eigenvalue weighted by Gasteiger charge is 2.23. The Bertz CT molecular complexity index is 479. The van der Waals surface area contributed by atoms with Gasteiger partial charge in [-0.2, -0.15) is 0 Å². The summed E-state index contributed by atoms with van der Waals surface area (Å²) in [7, 11) is 0. The van der Waals surface area contributed by atoms with E-state index < -0.39 is 0 Å². The lowest BCUT2D eigenvalue weighted by Crippen LogP contribution is -2.20. The second-order valence-corrected chi connectivity index (χ2v) is 4.76. The lowest BCUT2D eigenvalue weighted by Gasteiger charge is -2.24. The predicted molar refractivity (Wildman–Crippen MR) is 70.5 cm³/mol. The second-order valence-electron chi connectivity index (χ2n) is 4.76. The first-order chi connectivity index (χ1) is 8.34. The van der Waals surface area contributed by atoms with E-state index in [9.17, 15) is 0 Å². The average molecular weight is 223 g/mol. The molecule has 0 N–H and O–H groups in total. The van der Waals surface area contributed by atoms with E-state index in [1.807, 2.05) is 0 Å². The van der Waals surface area contributed by atoms with Crippen LogP contribution in [0.25, 0.3) is 0 Å². The molecule has 0 unspecified atom stereocenters. The topological polar surface area (TPSA) is 3.24 Å². The monoisotopic (exact) mass is 223 g/mol. The fraction of sp³-hybridized carbons (Fsp3) is 0.250. The van der Waals surface area contributed by atoms with Crippen molar-refractivity contribution in [2.24, 2.45) is 0 Å². The zero-order valence-corrected chi connectivity index (χ0v) is 10.1. The van der Waals surface area contributed by atoms with Crippen LogP contribution in [0.3, 0.4) is 0 Å². The SMILES string of the molecule is C[C@@H](c1ccccc1)N1Cc2ccccc2C1. The number of nitrogens with zero attached hydrogens (tertiary/aromatic N) is 1. The Hall–Kier alpha value is -1.60. The number of hydrogen-bond donors (Lipinski definition) is 0. The van der Waals surface area contributed by atoms with Gasteiger partial charge in [-0.25, -0.2) is 0 Å². The van der Waals surface area contributed by atoms with E-state index in [-0.39, 0.29) is 0 Å². The molecule has 2 aromatic carbocycles. The van der Waals surface area contributed by atoms with Gasteiger partial charge in [0.15, 0.2) is 0 Å². The minimum absolute atomic E-state index is 0.489. The molecule has 0 amide bonds. The molecule has 0 bridgehead atoms. The first-order valence-corrected chi connectivity index (χ1v) is 6.20. The van der Waals surface area contributed by atoms with Crippen LogP contribution in [0, 0.1) is 0 Å². The standard InChI is InChI=1S/C16H17N/c1-13(14-7-3-2-4-8-14)17-11-15-9-5-6-10-16(15)12-17/h2-10,13H,11-12H2,1H3/t13-/m0/s1. The van der Waals surface area contributed by atoms with Crippen LogP contribution in [0.15, 0.2) is 54.6 Å². The van der Waals surface area contributed by atoms with Crippen molar-refractivity contribution in [3.63, 3.8) is 0 Å². The van der Waals surface area contributed by atoms with Gasteiger partial charge in [-0.05, 0) is 23.6 Å². The Balaban J connectivity index is 1.81. The van der Waals surface area contributed by atoms with Crippen molar-refractivity contribution in [2.45, 2.75) is 26.1 Å². The minimum Gasteiger partial charge on any atom is -0.288 e. The average Bonchev–Trinajstić information content (AvgIpc) is 2.82. The molecule has 1 aliphatic rings. The third kappa shape index (κ3) is 1.98. The van der Waals surface area contributed by atoms with Crippen LogP contribution >= 0.6 is 0 Å². The van der Waals surface area contributed by atoms with Gasteiger partial charge in [-0.15, -0.1) is 0 Å². The summed E-state index contributed by atoms with van der Waals surface area (Å²) in [5, 5.41) is 0. The molecule has 1 aliphatic heterocycles. The van der Waals surface area contributed by atoms with Crippen LogP contribution in [-0.2, 0) is 13.1 Å². The van der Waals surface area contributed by atoms with Crippen molar-refractivity contribution in [2.75, 3.05) is 0 Å². The first-order valence-electron chi connectivity index (χ1n) is 6.20. The summed E-state index contributed by atoms with van der Waals surface area (Å²) in [5.74, 6) is 0. The summed E-state index contributed by atoms with van der Waals surface area (Å²) in [6, 6.07) is 20.0. The fourth-order valence-electron chi connectivity index (χ4n) is 2.58. The van der Waals surface area contributed by atoms with Crippen molar-refractivity contribution in [3.05, 3.63) is 71.3 Å². The Morgan fingerprint density at radius 1 is 0.824 bits per heavy atom. The lowest BCUT2D eigenvalue weighted by molar-refractivity contribution is 0.215. The summed E-state index contributed by atoms with van der Waals surface area (Å²) in [4.78, 5) is 2.53. The number of rotatable bonds is 2. The molecule has 0 aromatic heterocycles. The van der Waals surface area contributed by atoms with Crippen LogP contribution in [0.4, 0.5) is 0 Å². The maximum atomic E-state index is 2.53. The van der Waals surface area contributed by atoms with E-state index in [4.69, 9.17) is 0 Å². The molecule has 0 saturated carbocycles. The maximum absolute atomic E-state index is 2.53. The van der Waals surface area contributed by atoms with E-state index in [0.29, 0.717) is 6.04 Å². The molecule has 1 atom stereocenters. The number of hydrogen-bond acceptors (Lipinski definition) is 1. The zero-order chi connectivity index (χ0) is 11.7. The maximum Gasteiger partial charge on any atom is 0.0326 e. The Kier molecular flexibility index (Phi) is 2.69. The summed E-state index contributed by atoms with van der Waals surface area (Å²) in [6.07, 6.45) is 0. The van der Waals surface area contributed by atoms with Crippen LogP contribution in [0.1, 0.15) is 29.7 Å². The number of fused-ring (bicyclic) bond motifs is 1. The van der Waals surface area contributed by atoms with Crippen molar-refractivity contribution in [1.82, 2.24) is 4.90 Å². The van der Waals surface area contributed by atoms with Crippen LogP contribution in [0.2, 0.25) is 0 Å². The van der Waals surface area contributed by atoms with E-state index in [1.54, 1.807) is 0 Å². The Morgan fingerprint density at radius 3 is 1.94 bits per heavy atom.